The summed E-state index contributed by atoms with van der Waals surface area (Å²) in [4.78, 5) is 0.403. The molecule has 0 unspecified atom stereocenters. The van der Waals surface area contributed by atoms with Crippen molar-refractivity contribution >= 4 is 15.5 Å². The van der Waals surface area contributed by atoms with Crippen molar-refractivity contribution in [3.05, 3.63) is 60.2 Å². The Labute approximate surface area is 126 Å². The molecule has 0 saturated heterocycles. The minimum Gasteiger partial charge on any atom is -0.384 e. The van der Waals surface area contributed by atoms with Crippen molar-refractivity contribution < 1.29 is 8.42 Å². The highest BCUT2D eigenvalue weighted by Gasteiger charge is 2.16. The molecule has 0 bridgehead atoms. The molecule has 0 aromatic heterocycles. The van der Waals surface area contributed by atoms with Crippen LogP contribution in [0.5, 0.6) is 0 Å². The maximum atomic E-state index is 12.2. The molecular weight excluding hydrogens is 282 g/mol. The summed E-state index contributed by atoms with van der Waals surface area (Å²) in [6.07, 6.45) is 1.49. The van der Waals surface area contributed by atoms with Gasteiger partial charge >= 0.3 is 0 Å². The van der Waals surface area contributed by atoms with Crippen molar-refractivity contribution in [1.29, 1.82) is 0 Å². The fourth-order valence-corrected chi connectivity index (χ4v) is 3.77. The lowest BCUT2D eigenvalue weighted by molar-refractivity contribution is 0.595. The van der Waals surface area contributed by atoms with Crippen molar-refractivity contribution in [2.75, 3.05) is 17.6 Å². The van der Waals surface area contributed by atoms with Crippen molar-refractivity contribution in [2.24, 2.45) is 0 Å². The molecule has 0 spiro atoms. The van der Waals surface area contributed by atoms with E-state index in [0.717, 1.165) is 6.42 Å². The molecule has 0 aliphatic heterocycles. The van der Waals surface area contributed by atoms with Gasteiger partial charge in [-0.15, -0.1) is 0 Å². The highest BCUT2D eigenvalue weighted by molar-refractivity contribution is 7.91. The second-order valence-corrected chi connectivity index (χ2v) is 7.05. The van der Waals surface area contributed by atoms with Gasteiger partial charge in [0.05, 0.1) is 16.3 Å². The second kappa shape index (κ2) is 7.27. The molecule has 0 aliphatic carbocycles. The van der Waals surface area contributed by atoms with Gasteiger partial charge in [0.15, 0.2) is 9.84 Å². The van der Waals surface area contributed by atoms with Crippen molar-refractivity contribution in [3.63, 3.8) is 0 Å². The van der Waals surface area contributed by atoms with Crippen LogP contribution in [0.3, 0.4) is 0 Å². The SMILES string of the molecule is CCCS(=O)(=O)c1ccccc1NCCc1ccccc1. The average Bonchev–Trinajstić information content (AvgIpc) is 2.49. The van der Waals surface area contributed by atoms with E-state index in [0.29, 0.717) is 23.5 Å². The van der Waals surface area contributed by atoms with Gasteiger partial charge in [0.1, 0.15) is 0 Å². The summed E-state index contributed by atoms with van der Waals surface area (Å²) in [5.41, 5.74) is 1.93. The minimum atomic E-state index is -3.20. The molecule has 3 nitrogen and oxygen atoms in total. The molecule has 0 aliphatic rings. The predicted octanol–water partition coefficient (Wildman–Crippen LogP) is 3.52. The Kier molecular flexibility index (Phi) is 5.39. The third-order valence-corrected chi connectivity index (χ3v) is 5.24. The number of para-hydroxylation sites is 1. The van der Waals surface area contributed by atoms with Gasteiger partial charge < -0.3 is 5.32 Å². The van der Waals surface area contributed by atoms with Crippen LogP contribution in [0.4, 0.5) is 5.69 Å². The van der Waals surface area contributed by atoms with Crippen molar-refractivity contribution in [1.82, 2.24) is 0 Å². The van der Waals surface area contributed by atoms with Gasteiger partial charge in [-0.2, -0.15) is 0 Å². The molecule has 0 amide bonds. The highest BCUT2D eigenvalue weighted by Crippen LogP contribution is 2.22. The first-order valence-electron chi connectivity index (χ1n) is 7.23. The fraction of sp³-hybridized carbons (Fsp3) is 0.294. The third-order valence-electron chi connectivity index (χ3n) is 3.27. The molecule has 2 aromatic carbocycles. The largest absolute Gasteiger partial charge is 0.384 e. The zero-order valence-corrected chi connectivity index (χ0v) is 13.1. The van der Waals surface area contributed by atoms with Crippen LogP contribution >= 0.6 is 0 Å². The van der Waals surface area contributed by atoms with Crippen LogP contribution in [0.1, 0.15) is 18.9 Å². The molecule has 0 radical (unpaired) electrons. The number of hydrogen-bond acceptors (Lipinski definition) is 3. The van der Waals surface area contributed by atoms with E-state index < -0.39 is 9.84 Å². The summed E-state index contributed by atoms with van der Waals surface area (Å²) < 4.78 is 24.5. The third kappa shape index (κ3) is 4.33. The normalized spacial score (nSPS) is 11.3. The zero-order valence-electron chi connectivity index (χ0n) is 12.2. The number of rotatable bonds is 7. The smallest absolute Gasteiger partial charge is 0.180 e. The number of nitrogens with one attached hydrogen (secondary N) is 1. The number of sulfone groups is 1. The molecule has 21 heavy (non-hydrogen) atoms. The summed E-state index contributed by atoms with van der Waals surface area (Å²) in [5.74, 6) is 0.185. The van der Waals surface area contributed by atoms with E-state index in [9.17, 15) is 8.42 Å². The lowest BCUT2D eigenvalue weighted by Gasteiger charge is -2.12. The summed E-state index contributed by atoms with van der Waals surface area (Å²) in [7, 11) is -3.20. The Balaban J connectivity index is 2.07. The van der Waals surface area contributed by atoms with Gasteiger partial charge in [0, 0.05) is 6.54 Å². The summed E-state index contributed by atoms with van der Waals surface area (Å²) in [6, 6.07) is 17.3. The average molecular weight is 303 g/mol. The Morgan fingerprint density at radius 1 is 0.952 bits per heavy atom. The Morgan fingerprint density at radius 3 is 2.33 bits per heavy atom. The molecule has 2 rings (SSSR count). The van der Waals surface area contributed by atoms with Gasteiger partial charge in [-0.3, -0.25) is 0 Å². The lowest BCUT2D eigenvalue weighted by Crippen LogP contribution is -2.12. The van der Waals surface area contributed by atoms with Gasteiger partial charge in [-0.25, -0.2) is 8.42 Å². The van der Waals surface area contributed by atoms with Gasteiger partial charge in [0.25, 0.3) is 0 Å². The molecular formula is C17H21NO2S. The topological polar surface area (TPSA) is 46.2 Å². The van der Waals surface area contributed by atoms with Gasteiger partial charge in [-0.1, -0.05) is 49.4 Å². The number of benzene rings is 2. The van der Waals surface area contributed by atoms with Gasteiger partial charge in [-0.05, 0) is 30.5 Å². The van der Waals surface area contributed by atoms with E-state index in [1.807, 2.05) is 37.3 Å². The van der Waals surface area contributed by atoms with E-state index in [1.54, 1.807) is 12.1 Å². The van der Waals surface area contributed by atoms with Crippen LogP contribution < -0.4 is 5.32 Å². The summed E-state index contributed by atoms with van der Waals surface area (Å²) in [6.45, 7) is 2.59. The Hall–Kier alpha value is -1.81. The van der Waals surface area contributed by atoms with Crippen LogP contribution in [-0.2, 0) is 16.3 Å². The highest BCUT2D eigenvalue weighted by atomic mass is 32.2. The van der Waals surface area contributed by atoms with Gasteiger partial charge in [0.2, 0.25) is 0 Å². The monoisotopic (exact) mass is 303 g/mol. The summed E-state index contributed by atoms with van der Waals surface area (Å²) >= 11 is 0. The second-order valence-electron chi connectivity index (χ2n) is 4.98. The Bertz CT molecular complexity index is 666. The van der Waals surface area contributed by atoms with E-state index in [-0.39, 0.29) is 5.75 Å². The first kappa shape index (κ1) is 15.6. The molecule has 0 fully saturated rings. The number of hydrogen-bond donors (Lipinski definition) is 1. The number of anilines is 1. The fourth-order valence-electron chi connectivity index (χ4n) is 2.25. The maximum Gasteiger partial charge on any atom is 0.180 e. The molecule has 112 valence electrons. The van der Waals surface area contributed by atoms with Crippen LogP contribution in [0.25, 0.3) is 0 Å². The quantitative estimate of drug-likeness (QED) is 0.851. The summed E-state index contributed by atoms with van der Waals surface area (Å²) in [5, 5.41) is 3.25. The molecule has 0 atom stereocenters. The first-order valence-corrected chi connectivity index (χ1v) is 8.88. The lowest BCUT2D eigenvalue weighted by atomic mass is 10.1. The van der Waals surface area contributed by atoms with Crippen LogP contribution in [0, 0.1) is 0 Å². The van der Waals surface area contributed by atoms with Crippen LogP contribution in [-0.4, -0.2) is 20.7 Å². The predicted molar refractivity (Wildman–Crippen MR) is 87.4 cm³/mol. The molecule has 2 aromatic rings. The van der Waals surface area contributed by atoms with E-state index in [4.69, 9.17) is 0 Å². The molecule has 1 N–H and O–H groups in total. The van der Waals surface area contributed by atoms with E-state index >= 15 is 0 Å². The zero-order chi connectivity index (χ0) is 15.1. The minimum absolute atomic E-state index is 0.185. The molecule has 0 saturated carbocycles. The standard InChI is InChI=1S/C17H21NO2S/c1-2-14-21(19,20)17-11-7-6-10-16(17)18-13-12-15-8-4-3-5-9-15/h3-11,18H,2,12-14H2,1H3. The van der Waals surface area contributed by atoms with Crippen LogP contribution in [0.15, 0.2) is 59.5 Å². The first-order chi connectivity index (χ1) is 10.1. The molecule has 4 heteroatoms. The van der Waals surface area contributed by atoms with E-state index in [1.165, 1.54) is 5.56 Å². The Morgan fingerprint density at radius 2 is 1.62 bits per heavy atom. The van der Waals surface area contributed by atoms with E-state index in [2.05, 4.69) is 17.4 Å². The van der Waals surface area contributed by atoms with Crippen molar-refractivity contribution in [2.45, 2.75) is 24.7 Å². The van der Waals surface area contributed by atoms with Crippen LogP contribution in [0.2, 0.25) is 0 Å². The molecule has 0 heterocycles. The maximum absolute atomic E-state index is 12.2. The van der Waals surface area contributed by atoms with Crippen molar-refractivity contribution in [3.8, 4) is 0 Å².